The summed E-state index contributed by atoms with van der Waals surface area (Å²) in [4.78, 5) is 14.5. The van der Waals surface area contributed by atoms with Crippen molar-refractivity contribution in [3.8, 4) is 5.75 Å². The summed E-state index contributed by atoms with van der Waals surface area (Å²) in [5, 5.41) is 5.67. The van der Waals surface area contributed by atoms with E-state index in [4.69, 9.17) is 9.47 Å². The molecule has 158 valence electrons. The van der Waals surface area contributed by atoms with E-state index in [-0.39, 0.29) is 6.03 Å². The minimum atomic E-state index is -0.209. The molecule has 2 N–H and O–H groups in total. The smallest absolute Gasteiger partial charge is 0.319 e. The molecular weight excluding hydrogens is 366 g/mol. The fourth-order valence-electron chi connectivity index (χ4n) is 3.66. The second-order valence-corrected chi connectivity index (χ2v) is 7.58. The number of urea groups is 1. The molecule has 0 bridgehead atoms. The molecule has 1 aliphatic carbocycles. The number of ether oxygens (including phenoxy) is 2. The van der Waals surface area contributed by atoms with Crippen molar-refractivity contribution in [1.82, 2.24) is 10.2 Å². The molecule has 6 nitrogen and oxygen atoms in total. The molecule has 2 aliphatic rings. The van der Waals surface area contributed by atoms with Crippen LogP contribution < -0.4 is 15.4 Å². The minimum Gasteiger partial charge on any atom is -0.498 e. The van der Waals surface area contributed by atoms with Gasteiger partial charge < -0.3 is 20.1 Å². The maximum atomic E-state index is 11.9. The van der Waals surface area contributed by atoms with Crippen LogP contribution in [0.2, 0.25) is 0 Å². The van der Waals surface area contributed by atoms with Crippen molar-refractivity contribution in [2.24, 2.45) is 0 Å². The highest BCUT2D eigenvalue weighted by Crippen LogP contribution is 2.21. The van der Waals surface area contributed by atoms with Crippen molar-refractivity contribution in [1.29, 1.82) is 0 Å². The molecule has 1 aromatic rings. The molecule has 2 amide bonds. The van der Waals surface area contributed by atoms with Gasteiger partial charge in [0.05, 0.1) is 19.5 Å². The van der Waals surface area contributed by atoms with Gasteiger partial charge >= 0.3 is 6.03 Å². The van der Waals surface area contributed by atoms with E-state index in [2.05, 4.69) is 27.7 Å². The number of allylic oxidation sites excluding steroid dienone is 2. The average molecular weight is 400 g/mol. The van der Waals surface area contributed by atoms with Crippen LogP contribution in [0.15, 0.2) is 47.7 Å². The molecule has 3 rings (SSSR count). The minimum absolute atomic E-state index is 0.209. The maximum Gasteiger partial charge on any atom is 0.319 e. The maximum absolute atomic E-state index is 11.9. The molecule has 1 saturated heterocycles. The molecule has 1 aromatic carbocycles. The number of carbonyl (C=O) groups is 1. The van der Waals surface area contributed by atoms with Gasteiger partial charge in [-0.1, -0.05) is 12.5 Å². The number of anilines is 1. The molecule has 1 fully saturated rings. The van der Waals surface area contributed by atoms with Gasteiger partial charge in [-0.3, -0.25) is 4.90 Å². The summed E-state index contributed by atoms with van der Waals surface area (Å²) in [6.45, 7) is 4.66. The Morgan fingerprint density at radius 1 is 1.14 bits per heavy atom. The van der Waals surface area contributed by atoms with Crippen molar-refractivity contribution in [3.63, 3.8) is 0 Å². The molecule has 0 radical (unpaired) electrons. The van der Waals surface area contributed by atoms with Crippen LogP contribution in [0.1, 0.15) is 38.5 Å². The number of methoxy groups -OCH3 is 1. The Kier molecular flexibility index (Phi) is 8.43. The fraction of sp³-hybridized carbons (Fsp3) is 0.522. The van der Waals surface area contributed by atoms with E-state index in [0.717, 1.165) is 43.0 Å². The van der Waals surface area contributed by atoms with Gasteiger partial charge in [0, 0.05) is 25.2 Å². The van der Waals surface area contributed by atoms with Gasteiger partial charge in [0.2, 0.25) is 0 Å². The van der Waals surface area contributed by atoms with Gasteiger partial charge in [0.1, 0.15) is 5.75 Å². The lowest BCUT2D eigenvalue weighted by Gasteiger charge is -2.27. The van der Waals surface area contributed by atoms with E-state index in [0.29, 0.717) is 13.2 Å². The summed E-state index contributed by atoms with van der Waals surface area (Å²) >= 11 is 0. The van der Waals surface area contributed by atoms with E-state index in [9.17, 15) is 4.79 Å². The number of hydrogen-bond donors (Lipinski definition) is 2. The predicted molar refractivity (Wildman–Crippen MR) is 116 cm³/mol. The Morgan fingerprint density at radius 3 is 2.69 bits per heavy atom. The van der Waals surface area contributed by atoms with Crippen LogP contribution >= 0.6 is 0 Å². The zero-order valence-corrected chi connectivity index (χ0v) is 17.4. The molecule has 0 aromatic heterocycles. The first-order valence-corrected chi connectivity index (χ1v) is 10.7. The molecule has 1 aliphatic heterocycles. The van der Waals surface area contributed by atoms with Gasteiger partial charge in [-0.15, -0.1) is 0 Å². The highest BCUT2D eigenvalue weighted by Gasteiger charge is 2.13. The monoisotopic (exact) mass is 399 g/mol. The van der Waals surface area contributed by atoms with Crippen LogP contribution in [0.5, 0.6) is 5.75 Å². The first kappa shape index (κ1) is 21.2. The predicted octanol–water partition coefficient (Wildman–Crippen LogP) is 4.31. The molecular formula is C23H33N3O3. The zero-order valence-electron chi connectivity index (χ0n) is 17.4. The molecule has 1 heterocycles. The van der Waals surface area contributed by atoms with Gasteiger partial charge in [-0.2, -0.15) is 0 Å². The second kappa shape index (κ2) is 11.5. The third-order valence-electron chi connectivity index (χ3n) is 5.24. The number of nitrogens with zero attached hydrogens (tertiary/aromatic N) is 1. The molecule has 0 atom stereocenters. The Labute approximate surface area is 173 Å². The molecule has 0 spiro atoms. The van der Waals surface area contributed by atoms with Crippen LogP contribution in [0.3, 0.4) is 0 Å². The Bertz CT molecular complexity index is 707. The van der Waals surface area contributed by atoms with Crippen LogP contribution in [-0.4, -0.2) is 50.8 Å². The average Bonchev–Trinajstić information content (AvgIpc) is 2.75. The first-order valence-electron chi connectivity index (χ1n) is 10.7. The molecule has 0 saturated carbocycles. The van der Waals surface area contributed by atoms with E-state index < -0.39 is 0 Å². The summed E-state index contributed by atoms with van der Waals surface area (Å²) in [7, 11) is 1.62. The molecule has 0 unspecified atom stereocenters. The van der Waals surface area contributed by atoms with Crippen LogP contribution in [-0.2, 0) is 4.74 Å². The van der Waals surface area contributed by atoms with Gasteiger partial charge in [-0.05, 0) is 74.7 Å². The molecule has 29 heavy (non-hydrogen) atoms. The number of likely N-dealkylation sites (tertiary alicyclic amines) is 1. The van der Waals surface area contributed by atoms with E-state index in [1.165, 1.54) is 37.9 Å². The summed E-state index contributed by atoms with van der Waals surface area (Å²) in [6, 6.07) is 7.04. The Balaban J connectivity index is 1.30. The van der Waals surface area contributed by atoms with Crippen molar-refractivity contribution < 1.29 is 14.3 Å². The third kappa shape index (κ3) is 7.46. The SMILES string of the molecule is COc1ccc(NC(=O)NCCCOC2=CC(CN3CCCCC3)=CCC2)cc1. The highest BCUT2D eigenvalue weighted by atomic mass is 16.5. The van der Waals surface area contributed by atoms with Gasteiger partial charge in [0.25, 0.3) is 0 Å². The molecule has 6 heteroatoms. The number of amides is 2. The lowest BCUT2D eigenvalue weighted by molar-refractivity contribution is 0.195. The van der Waals surface area contributed by atoms with Crippen molar-refractivity contribution in [3.05, 3.63) is 47.7 Å². The van der Waals surface area contributed by atoms with Gasteiger partial charge in [0.15, 0.2) is 0 Å². The normalized spacial score (nSPS) is 17.1. The number of piperidine rings is 1. The van der Waals surface area contributed by atoms with Crippen molar-refractivity contribution in [2.45, 2.75) is 38.5 Å². The zero-order chi connectivity index (χ0) is 20.3. The summed E-state index contributed by atoms with van der Waals surface area (Å²) in [5.41, 5.74) is 2.12. The third-order valence-corrected chi connectivity index (χ3v) is 5.24. The van der Waals surface area contributed by atoms with Crippen molar-refractivity contribution in [2.75, 3.05) is 45.2 Å². The van der Waals surface area contributed by atoms with E-state index in [1.54, 1.807) is 7.11 Å². The van der Waals surface area contributed by atoms with Gasteiger partial charge in [-0.25, -0.2) is 4.79 Å². The number of hydrogen-bond acceptors (Lipinski definition) is 4. The van der Waals surface area contributed by atoms with Crippen LogP contribution in [0, 0.1) is 0 Å². The van der Waals surface area contributed by atoms with E-state index >= 15 is 0 Å². The Morgan fingerprint density at radius 2 is 1.93 bits per heavy atom. The number of rotatable bonds is 9. The lowest BCUT2D eigenvalue weighted by atomic mass is 10.0. The highest BCUT2D eigenvalue weighted by molar-refractivity contribution is 5.89. The van der Waals surface area contributed by atoms with E-state index in [1.807, 2.05) is 24.3 Å². The van der Waals surface area contributed by atoms with Crippen molar-refractivity contribution >= 4 is 11.7 Å². The van der Waals surface area contributed by atoms with Crippen LogP contribution in [0.4, 0.5) is 10.5 Å². The number of carbonyl (C=O) groups excluding carboxylic acids is 1. The summed E-state index contributed by atoms with van der Waals surface area (Å²) < 4.78 is 11.1. The number of benzene rings is 1. The second-order valence-electron chi connectivity index (χ2n) is 7.58. The first-order chi connectivity index (χ1) is 14.2. The Hall–Kier alpha value is -2.47. The largest absolute Gasteiger partial charge is 0.498 e. The summed E-state index contributed by atoms with van der Waals surface area (Å²) in [5.74, 6) is 1.83. The fourth-order valence-corrected chi connectivity index (χ4v) is 3.66. The quantitative estimate of drug-likeness (QED) is 0.607. The summed E-state index contributed by atoms with van der Waals surface area (Å²) in [6.07, 6.45) is 11.4. The number of nitrogens with one attached hydrogen (secondary N) is 2. The standard InChI is InChI=1S/C23H33N3O3/c1-28-21-11-9-20(10-12-21)25-23(27)24-13-6-16-29-22-8-5-7-19(17-22)18-26-14-3-2-4-15-26/h7,9-12,17H,2-6,8,13-16,18H2,1H3,(H2,24,25,27). The van der Waals surface area contributed by atoms with Crippen LogP contribution in [0.25, 0.3) is 0 Å². The topological polar surface area (TPSA) is 62.8 Å². The lowest BCUT2D eigenvalue weighted by Crippen LogP contribution is -2.31.